The number of nitrogens with zero attached hydrogens (tertiary/aromatic N) is 1. The maximum atomic E-state index is 11.8. The molecule has 0 saturated carbocycles. The third kappa shape index (κ3) is 2.05. The van der Waals surface area contributed by atoms with Gasteiger partial charge in [0.1, 0.15) is 24.4 Å². The molecule has 0 aromatic carbocycles. The summed E-state index contributed by atoms with van der Waals surface area (Å²) in [6, 6.07) is -0.793. The summed E-state index contributed by atoms with van der Waals surface area (Å²) in [6.07, 6.45) is -3.65. The number of rotatable bonds is 2. The van der Waals surface area contributed by atoms with Crippen molar-refractivity contribution in [3.8, 4) is 0 Å². The zero-order chi connectivity index (χ0) is 13.5. The lowest BCUT2D eigenvalue weighted by Crippen LogP contribution is -2.58. The van der Waals surface area contributed by atoms with Crippen LogP contribution in [0.5, 0.6) is 0 Å². The molecule has 9 heteroatoms. The number of amides is 3. The molecule has 2 rings (SSSR count). The number of urea groups is 1. The first-order chi connectivity index (χ1) is 8.40. The molecule has 1 saturated heterocycles. The van der Waals surface area contributed by atoms with Crippen molar-refractivity contribution in [2.24, 2.45) is 4.99 Å². The summed E-state index contributed by atoms with van der Waals surface area (Å²) in [4.78, 5) is 26.2. The van der Waals surface area contributed by atoms with Crippen LogP contribution in [0, 0.1) is 0 Å². The van der Waals surface area contributed by atoms with Gasteiger partial charge >= 0.3 is 6.03 Å². The van der Waals surface area contributed by atoms with Crippen molar-refractivity contribution >= 4 is 40.7 Å². The molecule has 2 aliphatic rings. The number of aliphatic imine (C=N–C) groups is 1. The summed E-state index contributed by atoms with van der Waals surface area (Å²) >= 11 is 1.69. The van der Waals surface area contributed by atoms with Crippen LogP contribution in [-0.2, 0) is 9.53 Å². The molecule has 3 amide bonds. The van der Waals surface area contributed by atoms with Crippen LogP contribution < -0.4 is 5.32 Å². The molecule has 4 N–H and O–H groups in total. The molecule has 2 aliphatic heterocycles. The topological polar surface area (TPSA) is 128 Å². The van der Waals surface area contributed by atoms with Crippen molar-refractivity contribution < 1.29 is 29.6 Å². The highest BCUT2D eigenvalue weighted by Gasteiger charge is 2.56. The Morgan fingerprint density at radius 3 is 2.61 bits per heavy atom. The molecule has 5 atom stereocenters. The number of halogens is 1. The zero-order valence-electron chi connectivity index (χ0n) is 8.99. The van der Waals surface area contributed by atoms with Gasteiger partial charge in [-0.25, -0.2) is 9.79 Å². The van der Waals surface area contributed by atoms with Crippen LogP contribution in [0.2, 0.25) is 0 Å². The third-order valence-electron chi connectivity index (χ3n) is 2.89. The lowest BCUT2D eigenvalue weighted by Gasteiger charge is -2.31. The van der Waals surface area contributed by atoms with Crippen molar-refractivity contribution in [3.63, 3.8) is 0 Å². The molecule has 0 aromatic heterocycles. The summed E-state index contributed by atoms with van der Waals surface area (Å²) in [5, 5.41) is 30.4. The van der Waals surface area contributed by atoms with Gasteiger partial charge in [-0.3, -0.25) is 10.1 Å². The molecule has 1 fully saturated rings. The van der Waals surface area contributed by atoms with E-state index in [1.54, 1.807) is 22.6 Å². The lowest BCUT2D eigenvalue weighted by atomic mass is 9.95. The van der Waals surface area contributed by atoms with Crippen molar-refractivity contribution in [2.75, 3.05) is 6.61 Å². The number of ether oxygens (including phenoxy) is 1. The highest BCUT2D eigenvalue weighted by atomic mass is 127. The molecule has 0 aromatic rings. The van der Waals surface area contributed by atoms with Crippen LogP contribution >= 0.6 is 22.6 Å². The number of nitrogens with one attached hydrogen (secondary N) is 1. The number of imide groups is 1. The summed E-state index contributed by atoms with van der Waals surface area (Å²) in [5.74, 6) is -0.682. The first-order valence-corrected chi connectivity index (χ1v) is 6.20. The van der Waals surface area contributed by atoms with Crippen molar-refractivity contribution in [1.29, 1.82) is 0 Å². The van der Waals surface area contributed by atoms with Gasteiger partial charge in [0.15, 0.2) is 3.42 Å². The summed E-state index contributed by atoms with van der Waals surface area (Å²) in [7, 11) is 0. The zero-order valence-corrected chi connectivity index (χ0v) is 11.1. The average molecular weight is 370 g/mol. The van der Waals surface area contributed by atoms with Crippen LogP contribution in [0.15, 0.2) is 4.99 Å². The van der Waals surface area contributed by atoms with Crippen LogP contribution in [-0.4, -0.2) is 67.9 Å². The fourth-order valence-corrected chi connectivity index (χ4v) is 2.68. The van der Waals surface area contributed by atoms with Gasteiger partial charge in [-0.15, -0.1) is 0 Å². The SMILES string of the molecule is O=C1N=CC(I)([C@@H]2O[C@H](CO)[C@@H](O)[C@H]2O)C(=O)N1. The number of carbonyl (C=O) groups excluding carboxylic acids is 2. The molecular weight excluding hydrogens is 359 g/mol. The van der Waals surface area contributed by atoms with E-state index in [0.29, 0.717) is 0 Å². The van der Waals surface area contributed by atoms with Gasteiger partial charge in [-0.2, -0.15) is 0 Å². The number of alkyl halides is 1. The van der Waals surface area contributed by atoms with E-state index in [2.05, 4.69) is 4.99 Å². The van der Waals surface area contributed by atoms with Gasteiger partial charge in [0.05, 0.1) is 6.61 Å². The Labute approximate surface area is 115 Å². The summed E-state index contributed by atoms with van der Waals surface area (Å²) in [6.45, 7) is -0.487. The highest BCUT2D eigenvalue weighted by molar-refractivity contribution is 14.1. The molecule has 1 unspecified atom stereocenters. The minimum atomic E-state index is -1.41. The number of aliphatic hydroxyl groups is 3. The van der Waals surface area contributed by atoms with E-state index in [1.165, 1.54) is 0 Å². The van der Waals surface area contributed by atoms with E-state index in [-0.39, 0.29) is 0 Å². The smallest absolute Gasteiger partial charge is 0.347 e. The Morgan fingerprint density at radius 2 is 2.11 bits per heavy atom. The normalized spacial score (nSPS) is 44.2. The maximum Gasteiger partial charge on any atom is 0.347 e. The standard InChI is InChI=1S/C9H11IN2O6/c10-9(2-11-8(17)12-7(9)16)6-5(15)4(14)3(1-13)18-6/h2-6,13-15H,1H2,(H,12,16,17)/t3-,4-,5-,6-,9?/m1/s1. The quantitative estimate of drug-likeness (QED) is 0.328. The number of aliphatic hydroxyl groups excluding tert-OH is 3. The number of hydrogen-bond acceptors (Lipinski definition) is 6. The van der Waals surface area contributed by atoms with Crippen LogP contribution in [0.25, 0.3) is 0 Å². The Kier molecular flexibility index (Phi) is 3.69. The number of hydrogen-bond donors (Lipinski definition) is 4. The van der Waals surface area contributed by atoms with E-state index in [1.807, 2.05) is 5.32 Å². The predicted octanol–water partition coefficient (Wildman–Crippen LogP) is -2.04. The molecule has 100 valence electrons. The largest absolute Gasteiger partial charge is 0.394 e. The van der Waals surface area contributed by atoms with Gasteiger partial charge in [0, 0.05) is 6.21 Å². The third-order valence-corrected chi connectivity index (χ3v) is 4.28. The van der Waals surface area contributed by atoms with E-state index in [9.17, 15) is 19.8 Å². The van der Waals surface area contributed by atoms with Crippen LogP contribution in [0.3, 0.4) is 0 Å². The highest BCUT2D eigenvalue weighted by Crippen LogP contribution is 2.35. The Balaban J connectivity index is 2.29. The Bertz CT molecular complexity index is 416. The minimum Gasteiger partial charge on any atom is -0.394 e. The van der Waals surface area contributed by atoms with Crippen molar-refractivity contribution in [1.82, 2.24) is 5.32 Å². The lowest BCUT2D eigenvalue weighted by molar-refractivity contribution is -0.125. The fraction of sp³-hybridized carbons (Fsp3) is 0.667. The summed E-state index contributed by atoms with van der Waals surface area (Å²) < 4.78 is 3.86. The predicted molar refractivity (Wildman–Crippen MR) is 66.5 cm³/mol. The van der Waals surface area contributed by atoms with Gasteiger partial charge < -0.3 is 20.1 Å². The van der Waals surface area contributed by atoms with Crippen LogP contribution in [0.1, 0.15) is 0 Å². The van der Waals surface area contributed by atoms with Gasteiger partial charge in [0.25, 0.3) is 5.91 Å². The molecule has 0 radical (unpaired) electrons. The van der Waals surface area contributed by atoms with E-state index < -0.39 is 46.4 Å². The first kappa shape index (κ1) is 13.8. The monoisotopic (exact) mass is 370 g/mol. The van der Waals surface area contributed by atoms with Gasteiger partial charge in [-0.05, 0) is 0 Å². The first-order valence-electron chi connectivity index (χ1n) is 5.12. The van der Waals surface area contributed by atoms with Crippen molar-refractivity contribution in [3.05, 3.63) is 0 Å². The van der Waals surface area contributed by atoms with Gasteiger partial charge in [0.2, 0.25) is 0 Å². The Hall–Kier alpha value is -0.620. The van der Waals surface area contributed by atoms with E-state index >= 15 is 0 Å². The van der Waals surface area contributed by atoms with Crippen LogP contribution in [0.4, 0.5) is 4.79 Å². The molecule has 18 heavy (non-hydrogen) atoms. The number of carbonyl (C=O) groups is 2. The second-order valence-electron chi connectivity index (χ2n) is 4.04. The molecule has 8 nitrogen and oxygen atoms in total. The average Bonchev–Trinajstić information content (AvgIpc) is 2.62. The molecule has 0 spiro atoms. The van der Waals surface area contributed by atoms with E-state index in [4.69, 9.17) is 9.84 Å². The van der Waals surface area contributed by atoms with Gasteiger partial charge in [-0.1, -0.05) is 22.6 Å². The molecule has 0 bridgehead atoms. The molecular formula is C9H11IN2O6. The Morgan fingerprint density at radius 1 is 1.44 bits per heavy atom. The van der Waals surface area contributed by atoms with Crippen molar-refractivity contribution in [2.45, 2.75) is 27.8 Å². The maximum absolute atomic E-state index is 11.8. The second-order valence-corrected chi connectivity index (χ2v) is 5.83. The molecule has 2 heterocycles. The second kappa shape index (κ2) is 4.81. The minimum absolute atomic E-state index is 0.487. The summed E-state index contributed by atoms with van der Waals surface area (Å²) in [5.41, 5.74) is 0. The molecule has 0 aliphatic carbocycles. The van der Waals surface area contributed by atoms with E-state index in [0.717, 1.165) is 6.21 Å². The fourth-order valence-electron chi connectivity index (χ4n) is 1.89.